The van der Waals surface area contributed by atoms with E-state index >= 15 is 0 Å². The topological polar surface area (TPSA) is 27.7 Å². The van der Waals surface area contributed by atoms with Gasteiger partial charge >= 0.3 is 0 Å². The molecule has 3 rings (SSSR count). The molecule has 1 aliphatic heterocycles. The Morgan fingerprint density at radius 3 is 2.30 bits per heavy atom. The van der Waals surface area contributed by atoms with Crippen LogP contribution in [0.15, 0.2) is 12.1 Å². The SMILES string of the molecule is CCCC1(F)COC(C2CCC(c3ccc(OCC)c(F)c3F)CC2)OC1. The van der Waals surface area contributed by atoms with Crippen molar-refractivity contribution in [1.82, 2.24) is 0 Å². The van der Waals surface area contributed by atoms with Crippen molar-refractivity contribution in [2.45, 2.75) is 70.2 Å². The van der Waals surface area contributed by atoms with E-state index in [1.54, 1.807) is 13.0 Å². The Bertz CT molecular complexity index is 621. The number of ether oxygens (including phenoxy) is 3. The van der Waals surface area contributed by atoms with Crippen LogP contribution in [0.5, 0.6) is 5.75 Å². The lowest BCUT2D eigenvalue weighted by molar-refractivity contribution is -0.257. The van der Waals surface area contributed by atoms with E-state index in [0.717, 1.165) is 32.1 Å². The van der Waals surface area contributed by atoms with Crippen LogP contribution in [0, 0.1) is 17.6 Å². The Hall–Kier alpha value is -1.27. The van der Waals surface area contributed by atoms with E-state index in [4.69, 9.17) is 14.2 Å². The maximum Gasteiger partial charge on any atom is 0.200 e. The highest BCUT2D eigenvalue weighted by Gasteiger charge is 2.40. The molecular formula is C21H29F3O3. The minimum atomic E-state index is -1.38. The Labute approximate surface area is 159 Å². The van der Waals surface area contributed by atoms with Crippen molar-refractivity contribution in [2.24, 2.45) is 5.92 Å². The van der Waals surface area contributed by atoms with Crippen LogP contribution in [-0.2, 0) is 9.47 Å². The first-order valence-corrected chi connectivity index (χ1v) is 10.00. The fourth-order valence-corrected chi connectivity index (χ4v) is 4.25. The molecule has 2 fully saturated rings. The molecule has 27 heavy (non-hydrogen) atoms. The van der Waals surface area contributed by atoms with Gasteiger partial charge in [-0.1, -0.05) is 19.4 Å². The third kappa shape index (κ3) is 4.60. The van der Waals surface area contributed by atoms with E-state index in [0.29, 0.717) is 18.6 Å². The quantitative estimate of drug-likeness (QED) is 0.644. The molecule has 1 aromatic rings. The molecule has 0 bridgehead atoms. The van der Waals surface area contributed by atoms with Crippen LogP contribution >= 0.6 is 0 Å². The zero-order valence-corrected chi connectivity index (χ0v) is 16.1. The normalized spacial score (nSPS) is 31.7. The summed E-state index contributed by atoms with van der Waals surface area (Å²) in [4.78, 5) is 0. The summed E-state index contributed by atoms with van der Waals surface area (Å²) in [6.45, 7) is 4.11. The molecule has 3 nitrogen and oxygen atoms in total. The minimum Gasteiger partial charge on any atom is -0.491 e. The Morgan fingerprint density at radius 1 is 1.04 bits per heavy atom. The second kappa shape index (κ2) is 8.82. The Morgan fingerprint density at radius 2 is 1.70 bits per heavy atom. The summed E-state index contributed by atoms with van der Waals surface area (Å²) in [5.74, 6) is -1.63. The summed E-state index contributed by atoms with van der Waals surface area (Å²) < 4.78 is 59.4. The highest BCUT2D eigenvalue weighted by atomic mass is 19.2. The van der Waals surface area contributed by atoms with Crippen molar-refractivity contribution < 1.29 is 27.4 Å². The Balaban J connectivity index is 1.56. The van der Waals surface area contributed by atoms with E-state index in [1.807, 2.05) is 6.92 Å². The molecule has 0 unspecified atom stereocenters. The van der Waals surface area contributed by atoms with Crippen LogP contribution in [0.1, 0.15) is 63.9 Å². The highest BCUT2D eigenvalue weighted by Crippen LogP contribution is 2.41. The van der Waals surface area contributed by atoms with Crippen LogP contribution in [-0.4, -0.2) is 31.8 Å². The van der Waals surface area contributed by atoms with Crippen LogP contribution in [0.25, 0.3) is 0 Å². The van der Waals surface area contributed by atoms with Gasteiger partial charge in [0, 0.05) is 5.92 Å². The van der Waals surface area contributed by atoms with Crippen molar-refractivity contribution >= 4 is 0 Å². The molecular weight excluding hydrogens is 357 g/mol. The van der Waals surface area contributed by atoms with Gasteiger partial charge in [-0.25, -0.2) is 8.78 Å². The van der Waals surface area contributed by atoms with E-state index in [1.165, 1.54) is 6.07 Å². The summed E-state index contributed by atoms with van der Waals surface area (Å²) >= 11 is 0. The summed E-state index contributed by atoms with van der Waals surface area (Å²) in [5, 5.41) is 0. The number of alkyl halides is 1. The first-order valence-electron chi connectivity index (χ1n) is 10.00. The predicted molar refractivity (Wildman–Crippen MR) is 96.7 cm³/mol. The molecule has 0 radical (unpaired) electrons. The molecule has 6 heteroatoms. The van der Waals surface area contributed by atoms with Gasteiger partial charge in [0.2, 0.25) is 5.82 Å². The van der Waals surface area contributed by atoms with Crippen molar-refractivity contribution in [2.75, 3.05) is 19.8 Å². The second-order valence-corrected chi connectivity index (χ2v) is 7.72. The van der Waals surface area contributed by atoms with Gasteiger partial charge in [0.05, 0.1) is 19.8 Å². The van der Waals surface area contributed by atoms with Gasteiger partial charge in [-0.3, -0.25) is 0 Å². The lowest BCUT2D eigenvalue weighted by Crippen LogP contribution is -2.46. The number of rotatable bonds is 6. The van der Waals surface area contributed by atoms with Crippen molar-refractivity contribution in [3.05, 3.63) is 29.3 Å². The number of hydrogen-bond donors (Lipinski definition) is 0. The van der Waals surface area contributed by atoms with E-state index in [9.17, 15) is 13.2 Å². The van der Waals surface area contributed by atoms with Gasteiger partial charge in [-0.15, -0.1) is 0 Å². The lowest BCUT2D eigenvalue weighted by Gasteiger charge is -2.40. The van der Waals surface area contributed by atoms with Gasteiger partial charge in [-0.2, -0.15) is 4.39 Å². The summed E-state index contributed by atoms with van der Waals surface area (Å²) in [6.07, 6.45) is 3.83. The van der Waals surface area contributed by atoms with Crippen LogP contribution < -0.4 is 4.74 Å². The second-order valence-electron chi connectivity index (χ2n) is 7.72. The van der Waals surface area contributed by atoms with Crippen molar-refractivity contribution in [3.8, 4) is 5.75 Å². The largest absolute Gasteiger partial charge is 0.491 e. The molecule has 0 aromatic heterocycles. The molecule has 1 heterocycles. The highest BCUT2D eigenvalue weighted by molar-refractivity contribution is 5.33. The molecule has 2 aliphatic rings. The smallest absolute Gasteiger partial charge is 0.200 e. The number of hydrogen-bond acceptors (Lipinski definition) is 3. The third-order valence-corrected chi connectivity index (χ3v) is 5.68. The van der Waals surface area contributed by atoms with Crippen LogP contribution in [0.3, 0.4) is 0 Å². The zero-order chi connectivity index (χ0) is 19.4. The molecule has 1 saturated heterocycles. The van der Waals surface area contributed by atoms with Gasteiger partial charge in [0.1, 0.15) is 0 Å². The van der Waals surface area contributed by atoms with Gasteiger partial charge < -0.3 is 14.2 Å². The van der Waals surface area contributed by atoms with E-state index in [-0.39, 0.29) is 30.8 Å². The maximum atomic E-state index is 14.4. The standard InChI is InChI=1S/C21H29F3O3/c1-3-11-21(24)12-26-20(27-13-21)15-7-5-14(6-8-15)16-9-10-17(25-4-2)19(23)18(16)22/h9-10,14-15,20H,3-8,11-13H2,1-2H3. The molecule has 152 valence electrons. The number of benzene rings is 1. The van der Waals surface area contributed by atoms with Crippen molar-refractivity contribution in [3.63, 3.8) is 0 Å². The summed E-state index contributed by atoms with van der Waals surface area (Å²) in [6, 6.07) is 3.13. The Kier molecular flexibility index (Phi) is 6.69. The predicted octanol–water partition coefficient (Wildman–Crippen LogP) is 5.52. The average molecular weight is 386 g/mol. The van der Waals surface area contributed by atoms with Gasteiger partial charge in [0.15, 0.2) is 23.5 Å². The first-order chi connectivity index (χ1) is 13.0. The fraction of sp³-hybridized carbons (Fsp3) is 0.714. The van der Waals surface area contributed by atoms with Gasteiger partial charge in [0.25, 0.3) is 0 Å². The molecule has 1 aromatic carbocycles. The van der Waals surface area contributed by atoms with E-state index in [2.05, 4.69) is 0 Å². The monoisotopic (exact) mass is 386 g/mol. The fourth-order valence-electron chi connectivity index (χ4n) is 4.25. The molecule has 0 atom stereocenters. The first kappa shape index (κ1) is 20.5. The van der Waals surface area contributed by atoms with Crippen LogP contribution in [0.4, 0.5) is 13.2 Å². The zero-order valence-electron chi connectivity index (χ0n) is 16.1. The molecule has 0 amide bonds. The third-order valence-electron chi connectivity index (χ3n) is 5.68. The van der Waals surface area contributed by atoms with Crippen LogP contribution in [0.2, 0.25) is 0 Å². The molecule has 1 aliphatic carbocycles. The van der Waals surface area contributed by atoms with E-state index < -0.39 is 23.6 Å². The molecule has 0 spiro atoms. The average Bonchev–Trinajstić information content (AvgIpc) is 2.67. The van der Waals surface area contributed by atoms with Gasteiger partial charge in [-0.05, 0) is 56.6 Å². The summed E-state index contributed by atoms with van der Waals surface area (Å²) in [5.41, 5.74) is -0.976. The maximum absolute atomic E-state index is 14.4. The lowest BCUT2D eigenvalue weighted by atomic mass is 9.78. The summed E-state index contributed by atoms with van der Waals surface area (Å²) in [7, 11) is 0. The molecule has 0 N–H and O–H groups in total. The molecule has 1 saturated carbocycles. The minimum absolute atomic E-state index is 0.0321. The van der Waals surface area contributed by atoms with Crippen molar-refractivity contribution in [1.29, 1.82) is 0 Å². The number of halogens is 3.